The largest absolute Gasteiger partial charge is 0.496 e. The molecule has 23 heavy (non-hydrogen) atoms. The summed E-state index contributed by atoms with van der Waals surface area (Å²) in [5, 5.41) is 0. The van der Waals surface area contributed by atoms with Gasteiger partial charge in [-0.25, -0.2) is 0 Å². The maximum atomic E-state index is 12.1. The lowest BCUT2D eigenvalue weighted by molar-refractivity contribution is -0.153. The maximum absolute atomic E-state index is 12.1. The van der Waals surface area contributed by atoms with Gasteiger partial charge in [0, 0.05) is 38.9 Å². The van der Waals surface area contributed by atoms with Crippen LogP contribution in [0.5, 0.6) is 5.75 Å². The molecule has 2 atom stereocenters. The van der Waals surface area contributed by atoms with Crippen LogP contribution in [0.3, 0.4) is 0 Å². The Balaban J connectivity index is 1.67. The van der Waals surface area contributed by atoms with Gasteiger partial charge in [-0.1, -0.05) is 18.2 Å². The first-order valence-corrected chi connectivity index (χ1v) is 7.97. The van der Waals surface area contributed by atoms with Crippen molar-refractivity contribution in [3.63, 3.8) is 0 Å². The molecular weight excluding hydrogens is 296 g/mol. The smallest absolute Gasteiger partial charge is 0.249 e. The van der Waals surface area contributed by atoms with Gasteiger partial charge in [0.25, 0.3) is 0 Å². The van der Waals surface area contributed by atoms with Gasteiger partial charge in [0.1, 0.15) is 12.4 Å². The number of likely N-dealkylation sites (tertiary alicyclic amines) is 1. The fraction of sp³-hybridized carbons (Fsp3) is 0.588. The molecule has 0 aromatic heterocycles. The molecule has 2 saturated heterocycles. The van der Waals surface area contributed by atoms with Crippen molar-refractivity contribution in [3.8, 4) is 5.75 Å². The molecule has 3 rings (SSSR count). The van der Waals surface area contributed by atoms with Gasteiger partial charge < -0.3 is 19.1 Å². The molecule has 6 nitrogen and oxygen atoms in total. The number of ether oxygens (including phenoxy) is 3. The van der Waals surface area contributed by atoms with E-state index in [1.165, 1.54) is 0 Å². The third-order valence-electron chi connectivity index (χ3n) is 4.58. The summed E-state index contributed by atoms with van der Waals surface area (Å²) in [6.45, 7) is 3.81. The highest BCUT2D eigenvalue weighted by Gasteiger charge is 2.42. The summed E-state index contributed by atoms with van der Waals surface area (Å²) >= 11 is 0. The third kappa shape index (κ3) is 3.49. The van der Waals surface area contributed by atoms with E-state index in [0.29, 0.717) is 13.2 Å². The Kier molecular flexibility index (Phi) is 5.15. The molecule has 1 aromatic rings. The first-order valence-electron chi connectivity index (χ1n) is 7.97. The Labute approximate surface area is 136 Å². The van der Waals surface area contributed by atoms with E-state index in [-0.39, 0.29) is 24.7 Å². The summed E-state index contributed by atoms with van der Waals surface area (Å²) in [7, 11) is 3.35. The monoisotopic (exact) mass is 320 g/mol. The predicted molar refractivity (Wildman–Crippen MR) is 85.4 cm³/mol. The van der Waals surface area contributed by atoms with E-state index < -0.39 is 0 Å². The van der Waals surface area contributed by atoms with E-state index in [1.54, 1.807) is 14.2 Å². The topological polar surface area (TPSA) is 51.2 Å². The van der Waals surface area contributed by atoms with E-state index in [4.69, 9.17) is 14.2 Å². The number of carbonyl (C=O) groups is 1. The number of para-hydroxylation sites is 1. The highest BCUT2D eigenvalue weighted by Crippen LogP contribution is 2.27. The molecule has 2 heterocycles. The summed E-state index contributed by atoms with van der Waals surface area (Å²) in [6.07, 6.45) is 0.0827. The van der Waals surface area contributed by atoms with Crippen LogP contribution >= 0.6 is 0 Å². The van der Waals surface area contributed by atoms with Gasteiger partial charge in [0.2, 0.25) is 5.91 Å². The van der Waals surface area contributed by atoms with E-state index in [0.717, 1.165) is 30.9 Å². The lowest BCUT2D eigenvalue weighted by atomic mass is 10.1. The lowest BCUT2D eigenvalue weighted by Crippen LogP contribution is -2.54. The Morgan fingerprint density at radius 1 is 1.26 bits per heavy atom. The minimum atomic E-state index is 0.0578. The van der Waals surface area contributed by atoms with E-state index in [9.17, 15) is 4.79 Å². The molecule has 0 N–H and O–H groups in total. The number of carbonyl (C=O) groups excluding carboxylic acids is 1. The van der Waals surface area contributed by atoms with Crippen molar-refractivity contribution in [3.05, 3.63) is 29.8 Å². The summed E-state index contributed by atoms with van der Waals surface area (Å²) in [5.74, 6) is 0.957. The average molecular weight is 320 g/mol. The highest BCUT2D eigenvalue weighted by molar-refractivity contribution is 5.78. The quantitative estimate of drug-likeness (QED) is 0.774. The van der Waals surface area contributed by atoms with Crippen molar-refractivity contribution in [2.24, 2.45) is 0 Å². The van der Waals surface area contributed by atoms with Gasteiger partial charge in [-0.3, -0.25) is 9.69 Å². The average Bonchev–Trinajstić information content (AvgIpc) is 2.97. The van der Waals surface area contributed by atoms with Crippen LogP contribution in [-0.4, -0.2) is 74.9 Å². The maximum Gasteiger partial charge on any atom is 0.249 e. The Morgan fingerprint density at radius 3 is 2.87 bits per heavy atom. The van der Waals surface area contributed by atoms with Gasteiger partial charge in [0.15, 0.2) is 0 Å². The van der Waals surface area contributed by atoms with Crippen LogP contribution in [0, 0.1) is 0 Å². The summed E-state index contributed by atoms with van der Waals surface area (Å²) < 4.78 is 16.3. The highest BCUT2D eigenvalue weighted by atomic mass is 16.5. The molecular formula is C17H24N2O4. The zero-order valence-electron chi connectivity index (χ0n) is 13.7. The molecule has 126 valence electrons. The van der Waals surface area contributed by atoms with Crippen molar-refractivity contribution in [1.29, 1.82) is 0 Å². The first kappa shape index (κ1) is 16.2. The fourth-order valence-electron chi connectivity index (χ4n) is 3.43. The molecule has 2 fully saturated rings. The molecule has 0 aliphatic carbocycles. The van der Waals surface area contributed by atoms with Gasteiger partial charge >= 0.3 is 0 Å². The van der Waals surface area contributed by atoms with E-state index in [1.807, 2.05) is 23.1 Å². The van der Waals surface area contributed by atoms with Crippen molar-refractivity contribution >= 4 is 5.91 Å². The number of nitrogens with zero attached hydrogens (tertiary/aromatic N) is 2. The summed E-state index contributed by atoms with van der Waals surface area (Å²) in [6, 6.07) is 8.16. The van der Waals surface area contributed by atoms with Crippen LogP contribution in [0.25, 0.3) is 0 Å². The molecule has 0 radical (unpaired) electrons. The molecule has 0 spiro atoms. The van der Waals surface area contributed by atoms with Crippen molar-refractivity contribution in [2.75, 3.05) is 47.1 Å². The fourth-order valence-corrected chi connectivity index (χ4v) is 3.43. The zero-order chi connectivity index (χ0) is 16.2. The van der Waals surface area contributed by atoms with Crippen molar-refractivity contribution < 1.29 is 19.0 Å². The zero-order valence-corrected chi connectivity index (χ0v) is 13.7. The number of methoxy groups -OCH3 is 2. The summed E-state index contributed by atoms with van der Waals surface area (Å²) in [5.41, 5.74) is 1.16. The number of hydrogen-bond donors (Lipinski definition) is 0. The van der Waals surface area contributed by atoms with Crippen LogP contribution in [0.2, 0.25) is 0 Å². The molecule has 1 aromatic carbocycles. The number of morpholine rings is 1. The number of rotatable bonds is 6. The minimum absolute atomic E-state index is 0.0578. The molecule has 1 amide bonds. The lowest BCUT2D eigenvalue weighted by Gasteiger charge is -2.36. The number of hydrogen-bond acceptors (Lipinski definition) is 5. The summed E-state index contributed by atoms with van der Waals surface area (Å²) in [4.78, 5) is 16.4. The minimum Gasteiger partial charge on any atom is -0.496 e. The normalized spacial score (nSPS) is 24.8. The third-order valence-corrected chi connectivity index (χ3v) is 4.58. The van der Waals surface area contributed by atoms with Gasteiger partial charge in [-0.15, -0.1) is 0 Å². The second kappa shape index (κ2) is 7.29. The van der Waals surface area contributed by atoms with Gasteiger partial charge in [-0.05, 0) is 6.07 Å². The van der Waals surface area contributed by atoms with Crippen molar-refractivity contribution in [2.45, 2.75) is 18.7 Å². The molecule has 2 aliphatic heterocycles. The second-order valence-electron chi connectivity index (χ2n) is 6.00. The van der Waals surface area contributed by atoms with E-state index >= 15 is 0 Å². The predicted octanol–water partition coefficient (Wildman–Crippen LogP) is 0.753. The van der Waals surface area contributed by atoms with Crippen molar-refractivity contribution in [1.82, 2.24) is 9.80 Å². The van der Waals surface area contributed by atoms with Gasteiger partial charge in [0.05, 0.1) is 25.9 Å². The number of amides is 1. The van der Waals surface area contributed by atoms with Crippen LogP contribution in [-0.2, 0) is 20.8 Å². The number of benzene rings is 1. The molecule has 6 heteroatoms. The Morgan fingerprint density at radius 2 is 2.09 bits per heavy atom. The molecule has 2 aliphatic rings. The second-order valence-corrected chi connectivity index (χ2v) is 6.00. The molecule has 0 bridgehead atoms. The van der Waals surface area contributed by atoms with E-state index in [2.05, 4.69) is 11.0 Å². The van der Waals surface area contributed by atoms with Gasteiger partial charge in [-0.2, -0.15) is 0 Å². The standard InChI is InChI=1S/C17H24N2O4/c1-21-8-7-19-14-10-18(11-16(14)23-12-17(19)20)9-13-5-3-4-6-15(13)22-2/h3-6,14,16H,7-12H2,1-2H3/t14-,16+/m1/s1. The Bertz CT molecular complexity index is 551. The SMILES string of the molecule is COCCN1C(=O)CO[C@H]2CN(Cc3ccccc3OC)C[C@H]21. The molecule has 0 saturated carbocycles. The van der Waals surface area contributed by atoms with Crippen LogP contribution < -0.4 is 4.74 Å². The number of fused-ring (bicyclic) bond motifs is 1. The molecule has 0 unspecified atom stereocenters. The van der Waals surface area contributed by atoms with Crippen LogP contribution in [0.15, 0.2) is 24.3 Å². The van der Waals surface area contributed by atoms with Crippen LogP contribution in [0.1, 0.15) is 5.56 Å². The Hall–Kier alpha value is -1.63. The first-order chi connectivity index (χ1) is 11.2. The van der Waals surface area contributed by atoms with Crippen LogP contribution in [0.4, 0.5) is 0 Å².